The smallest absolute Gasteiger partial charge is 0.360 e. The highest BCUT2D eigenvalue weighted by Gasteiger charge is 2.24. The molecule has 0 atom stereocenters. The average Bonchev–Trinajstić information content (AvgIpc) is 2.49. The van der Waals surface area contributed by atoms with Crippen molar-refractivity contribution in [2.45, 2.75) is 27.7 Å². The number of anilines is 2. The molecule has 0 fully saturated rings. The summed E-state index contributed by atoms with van der Waals surface area (Å²) in [5.74, 6) is -0.794. The fourth-order valence-electron chi connectivity index (χ4n) is 1.70. The molecule has 0 aliphatic heterocycles. The number of nitrogens with zero attached hydrogens (tertiary/aromatic N) is 2. The third-order valence-corrected chi connectivity index (χ3v) is 2.52. The number of aromatic nitrogens is 2. The Morgan fingerprint density at radius 1 is 0.818 bits per heavy atom. The standard InChI is InChI=1S/C14H22N4O4/c1-5-15-11-9(13(19)21-7-3)18-12(16-6-2)10(17-11)14(20)22-8-4/h5-8H2,1-4H3,(H,15,17)(H,16,18). The molecule has 1 rings (SSSR count). The largest absolute Gasteiger partial charge is 0.461 e. The normalized spacial score (nSPS) is 10.0. The maximum Gasteiger partial charge on any atom is 0.360 e. The lowest BCUT2D eigenvalue weighted by Gasteiger charge is -2.14. The van der Waals surface area contributed by atoms with E-state index in [-0.39, 0.29) is 36.2 Å². The quantitative estimate of drug-likeness (QED) is 0.699. The number of carbonyl (C=O) groups is 2. The van der Waals surface area contributed by atoms with Crippen LogP contribution in [0.1, 0.15) is 48.7 Å². The third kappa shape index (κ3) is 4.31. The number of hydrogen-bond donors (Lipinski definition) is 2. The molecule has 1 aromatic rings. The van der Waals surface area contributed by atoms with Crippen molar-refractivity contribution in [3.63, 3.8) is 0 Å². The number of hydrogen-bond acceptors (Lipinski definition) is 8. The summed E-state index contributed by atoms with van der Waals surface area (Å²) in [6.45, 7) is 8.59. The van der Waals surface area contributed by atoms with Gasteiger partial charge in [-0.2, -0.15) is 0 Å². The van der Waals surface area contributed by atoms with Gasteiger partial charge in [0.15, 0.2) is 23.0 Å². The van der Waals surface area contributed by atoms with Crippen LogP contribution in [-0.2, 0) is 9.47 Å². The van der Waals surface area contributed by atoms with Gasteiger partial charge in [-0.15, -0.1) is 0 Å². The van der Waals surface area contributed by atoms with Crippen LogP contribution in [0, 0.1) is 0 Å². The van der Waals surface area contributed by atoms with Crippen LogP contribution in [0.15, 0.2) is 0 Å². The molecule has 8 nitrogen and oxygen atoms in total. The highest BCUT2D eigenvalue weighted by molar-refractivity contribution is 5.97. The van der Waals surface area contributed by atoms with Crippen LogP contribution < -0.4 is 10.6 Å². The zero-order valence-electron chi connectivity index (χ0n) is 13.4. The summed E-state index contributed by atoms with van der Waals surface area (Å²) >= 11 is 0. The molecule has 0 saturated heterocycles. The second kappa shape index (κ2) is 8.81. The molecule has 0 amide bonds. The Balaban J connectivity index is 3.35. The van der Waals surface area contributed by atoms with Crippen molar-refractivity contribution in [3.8, 4) is 0 Å². The van der Waals surface area contributed by atoms with E-state index in [2.05, 4.69) is 20.6 Å². The van der Waals surface area contributed by atoms with Gasteiger partial charge in [0.2, 0.25) is 0 Å². The zero-order chi connectivity index (χ0) is 16.5. The maximum atomic E-state index is 12.0. The molecule has 0 unspecified atom stereocenters. The van der Waals surface area contributed by atoms with Gasteiger partial charge >= 0.3 is 11.9 Å². The average molecular weight is 310 g/mol. The number of carbonyl (C=O) groups excluding carboxylic acids is 2. The predicted molar refractivity (Wildman–Crippen MR) is 82.3 cm³/mol. The fraction of sp³-hybridized carbons (Fsp3) is 0.571. The molecule has 0 saturated carbocycles. The molecule has 0 radical (unpaired) electrons. The molecule has 1 aromatic heterocycles. The summed E-state index contributed by atoms with van der Waals surface area (Å²) in [6, 6.07) is 0. The molecule has 0 bridgehead atoms. The summed E-state index contributed by atoms with van der Waals surface area (Å²) < 4.78 is 9.94. The van der Waals surface area contributed by atoms with Crippen LogP contribution in [0.5, 0.6) is 0 Å². The summed E-state index contributed by atoms with van der Waals surface area (Å²) in [7, 11) is 0. The van der Waals surface area contributed by atoms with E-state index in [0.29, 0.717) is 13.1 Å². The molecule has 0 aliphatic carbocycles. The van der Waals surface area contributed by atoms with Gasteiger partial charge in [-0.3, -0.25) is 0 Å². The fourth-order valence-corrected chi connectivity index (χ4v) is 1.70. The second-order valence-electron chi connectivity index (χ2n) is 4.12. The van der Waals surface area contributed by atoms with Crippen molar-refractivity contribution >= 4 is 23.6 Å². The van der Waals surface area contributed by atoms with Gasteiger partial charge in [0.25, 0.3) is 0 Å². The first-order chi connectivity index (χ1) is 10.6. The molecule has 22 heavy (non-hydrogen) atoms. The molecule has 2 N–H and O–H groups in total. The van der Waals surface area contributed by atoms with Crippen molar-refractivity contribution in [1.82, 2.24) is 9.97 Å². The van der Waals surface area contributed by atoms with E-state index in [1.54, 1.807) is 13.8 Å². The molecular weight excluding hydrogens is 288 g/mol. The van der Waals surface area contributed by atoms with Crippen molar-refractivity contribution in [3.05, 3.63) is 11.4 Å². The Labute approximate surface area is 129 Å². The zero-order valence-corrected chi connectivity index (χ0v) is 13.4. The van der Waals surface area contributed by atoms with Crippen LogP contribution in [0.4, 0.5) is 11.6 Å². The molecule has 0 spiro atoms. The van der Waals surface area contributed by atoms with E-state index in [1.165, 1.54) is 0 Å². The van der Waals surface area contributed by atoms with Crippen molar-refractivity contribution in [2.24, 2.45) is 0 Å². The van der Waals surface area contributed by atoms with Crippen LogP contribution in [0.2, 0.25) is 0 Å². The van der Waals surface area contributed by atoms with E-state index in [4.69, 9.17) is 9.47 Å². The monoisotopic (exact) mass is 310 g/mol. The predicted octanol–water partition coefficient (Wildman–Crippen LogP) is 1.69. The summed E-state index contributed by atoms with van der Waals surface area (Å²) in [5, 5.41) is 5.82. The van der Waals surface area contributed by atoms with Crippen LogP contribution in [0.25, 0.3) is 0 Å². The van der Waals surface area contributed by atoms with Gasteiger partial charge in [-0.1, -0.05) is 0 Å². The first-order valence-corrected chi connectivity index (χ1v) is 7.32. The SMILES string of the molecule is CCNc1nc(C(=O)OCC)c(NCC)nc1C(=O)OCC. The minimum absolute atomic E-state index is 0.0349. The van der Waals surface area contributed by atoms with Gasteiger partial charge in [-0.25, -0.2) is 19.6 Å². The number of esters is 2. The van der Waals surface area contributed by atoms with E-state index in [0.717, 1.165) is 0 Å². The summed E-state index contributed by atoms with van der Waals surface area (Å²) in [6.07, 6.45) is 0. The lowest BCUT2D eigenvalue weighted by atomic mass is 10.3. The van der Waals surface area contributed by atoms with Crippen LogP contribution in [-0.4, -0.2) is 48.2 Å². The van der Waals surface area contributed by atoms with Gasteiger partial charge in [-0.05, 0) is 27.7 Å². The first kappa shape index (κ1) is 17.7. The minimum Gasteiger partial charge on any atom is -0.461 e. The van der Waals surface area contributed by atoms with Crippen molar-refractivity contribution in [2.75, 3.05) is 36.9 Å². The van der Waals surface area contributed by atoms with Crippen molar-refractivity contribution in [1.29, 1.82) is 0 Å². The Morgan fingerprint density at radius 3 is 1.45 bits per heavy atom. The number of ether oxygens (including phenoxy) is 2. The Kier molecular flexibility index (Phi) is 7.07. The van der Waals surface area contributed by atoms with E-state index < -0.39 is 11.9 Å². The van der Waals surface area contributed by atoms with Gasteiger partial charge in [0.05, 0.1) is 13.2 Å². The summed E-state index contributed by atoms with van der Waals surface area (Å²) in [5.41, 5.74) is 0.0698. The molecule has 1 heterocycles. The van der Waals surface area contributed by atoms with Gasteiger partial charge in [0, 0.05) is 13.1 Å². The van der Waals surface area contributed by atoms with Gasteiger partial charge in [0.1, 0.15) is 0 Å². The van der Waals surface area contributed by atoms with Crippen LogP contribution in [0.3, 0.4) is 0 Å². The number of rotatable bonds is 8. The van der Waals surface area contributed by atoms with Crippen molar-refractivity contribution < 1.29 is 19.1 Å². The second-order valence-corrected chi connectivity index (χ2v) is 4.12. The lowest BCUT2D eigenvalue weighted by Crippen LogP contribution is -2.20. The molecule has 0 aliphatic rings. The van der Waals surface area contributed by atoms with E-state index >= 15 is 0 Å². The summed E-state index contributed by atoms with van der Waals surface area (Å²) in [4.78, 5) is 32.4. The Bertz CT molecular complexity index is 486. The van der Waals surface area contributed by atoms with E-state index in [9.17, 15) is 9.59 Å². The third-order valence-electron chi connectivity index (χ3n) is 2.52. The van der Waals surface area contributed by atoms with Crippen LogP contribution >= 0.6 is 0 Å². The minimum atomic E-state index is -0.597. The first-order valence-electron chi connectivity index (χ1n) is 7.32. The lowest BCUT2D eigenvalue weighted by molar-refractivity contribution is 0.0502. The Hall–Kier alpha value is -2.38. The highest BCUT2D eigenvalue weighted by atomic mass is 16.5. The highest BCUT2D eigenvalue weighted by Crippen LogP contribution is 2.20. The molecule has 122 valence electrons. The molecular formula is C14H22N4O4. The topological polar surface area (TPSA) is 102 Å². The van der Waals surface area contributed by atoms with Gasteiger partial charge < -0.3 is 20.1 Å². The molecule has 0 aromatic carbocycles. The molecule has 8 heteroatoms. The van der Waals surface area contributed by atoms with E-state index in [1.807, 2.05) is 13.8 Å². The number of nitrogens with one attached hydrogen (secondary N) is 2. The Morgan fingerprint density at radius 2 is 1.18 bits per heavy atom. The maximum absolute atomic E-state index is 12.0.